The molecule has 0 aromatic carbocycles. The van der Waals surface area contributed by atoms with Crippen LogP contribution >= 0.6 is 22.9 Å². The highest BCUT2D eigenvalue weighted by atomic mass is 35.5. The van der Waals surface area contributed by atoms with Gasteiger partial charge in [0, 0.05) is 22.6 Å². The highest BCUT2D eigenvalue weighted by Gasteiger charge is 2.22. The summed E-state index contributed by atoms with van der Waals surface area (Å²) in [5.41, 5.74) is 6.78. The van der Waals surface area contributed by atoms with Crippen LogP contribution in [0.5, 0.6) is 0 Å². The van der Waals surface area contributed by atoms with Crippen molar-refractivity contribution >= 4 is 28.8 Å². The topological polar surface area (TPSA) is 72.0 Å². The van der Waals surface area contributed by atoms with Gasteiger partial charge in [0.2, 0.25) is 0 Å². The Morgan fingerprint density at radius 1 is 1.42 bits per heavy atom. The van der Waals surface area contributed by atoms with Gasteiger partial charge < -0.3 is 10.8 Å². The van der Waals surface area contributed by atoms with Crippen LogP contribution in [0.2, 0.25) is 5.02 Å². The third-order valence-electron chi connectivity index (χ3n) is 2.65. The van der Waals surface area contributed by atoms with E-state index in [4.69, 9.17) is 17.3 Å². The number of aromatic nitrogens is 2. The van der Waals surface area contributed by atoms with Crippen molar-refractivity contribution in [1.29, 1.82) is 0 Å². The van der Waals surface area contributed by atoms with Crippen molar-refractivity contribution in [3.63, 3.8) is 0 Å². The zero-order chi connectivity index (χ0) is 14.2. The van der Waals surface area contributed by atoms with Gasteiger partial charge in [0.1, 0.15) is 11.9 Å². The summed E-state index contributed by atoms with van der Waals surface area (Å²) in [7, 11) is 0. The van der Waals surface area contributed by atoms with Gasteiger partial charge in [0.05, 0.1) is 15.7 Å². The van der Waals surface area contributed by atoms with E-state index in [9.17, 15) is 5.11 Å². The first kappa shape index (κ1) is 14.2. The summed E-state index contributed by atoms with van der Waals surface area (Å²) in [5, 5.41) is 13.6. The molecule has 0 fully saturated rings. The van der Waals surface area contributed by atoms with Crippen LogP contribution in [0.1, 0.15) is 43.1 Å². The van der Waals surface area contributed by atoms with Gasteiger partial charge in [-0.3, -0.25) is 0 Å². The largest absolute Gasteiger partial charge is 0.383 e. The van der Waals surface area contributed by atoms with Gasteiger partial charge in [-0.25, -0.2) is 9.97 Å². The average Bonchev–Trinajstić information content (AvgIpc) is 2.80. The molecular weight excluding hydrogens is 282 g/mol. The second-order valence-corrected chi connectivity index (χ2v) is 6.65. The second kappa shape index (κ2) is 5.07. The predicted molar refractivity (Wildman–Crippen MR) is 78.5 cm³/mol. The van der Waals surface area contributed by atoms with Crippen LogP contribution in [0.4, 0.5) is 5.82 Å². The van der Waals surface area contributed by atoms with Crippen molar-refractivity contribution in [2.75, 3.05) is 5.73 Å². The summed E-state index contributed by atoms with van der Waals surface area (Å²) in [5.74, 6) is 0.266. The van der Waals surface area contributed by atoms with Crippen LogP contribution in [0.3, 0.4) is 0 Å². The summed E-state index contributed by atoms with van der Waals surface area (Å²) < 4.78 is 0. The van der Waals surface area contributed by atoms with Gasteiger partial charge in [0.15, 0.2) is 0 Å². The molecule has 1 atom stereocenters. The van der Waals surface area contributed by atoms with Crippen molar-refractivity contribution in [1.82, 2.24) is 9.97 Å². The standard InChI is InChI=1S/C13H16ClN3OS/c1-13(2,3)12-17-9(6-19-12)10(18)8-4-7(14)5-16-11(8)15/h4-6,10,18H,1-3H3,(H2,15,16). The van der Waals surface area contributed by atoms with Crippen LogP contribution < -0.4 is 5.73 Å². The van der Waals surface area contributed by atoms with Crippen LogP contribution in [0.25, 0.3) is 0 Å². The molecule has 0 saturated carbocycles. The Hall–Kier alpha value is -1.17. The Morgan fingerprint density at radius 2 is 2.11 bits per heavy atom. The van der Waals surface area contributed by atoms with E-state index < -0.39 is 6.10 Å². The highest BCUT2D eigenvalue weighted by Crippen LogP contribution is 2.32. The summed E-state index contributed by atoms with van der Waals surface area (Å²) in [4.78, 5) is 8.41. The molecule has 0 radical (unpaired) electrons. The number of nitrogens with zero attached hydrogens (tertiary/aromatic N) is 2. The maximum Gasteiger partial charge on any atom is 0.129 e. The molecule has 1 unspecified atom stereocenters. The van der Waals surface area contributed by atoms with Gasteiger partial charge in [-0.15, -0.1) is 11.3 Å². The smallest absolute Gasteiger partial charge is 0.129 e. The predicted octanol–water partition coefficient (Wildman–Crippen LogP) is 3.15. The molecule has 0 spiro atoms. The fourth-order valence-electron chi connectivity index (χ4n) is 1.60. The van der Waals surface area contributed by atoms with E-state index in [-0.39, 0.29) is 11.2 Å². The molecule has 0 bridgehead atoms. The van der Waals surface area contributed by atoms with Gasteiger partial charge >= 0.3 is 0 Å². The van der Waals surface area contributed by atoms with E-state index >= 15 is 0 Å². The minimum absolute atomic E-state index is 0.0409. The SMILES string of the molecule is CC(C)(C)c1nc(C(O)c2cc(Cl)cnc2N)cs1. The molecule has 2 aromatic heterocycles. The molecule has 0 amide bonds. The maximum absolute atomic E-state index is 10.3. The lowest BCUT2D eigenvalue weighted by atomic mass is 9.98. The first-order valence-corrected chi connectivity index (χ1v) is 7.09. The van der Waals surface area contributed by atoms with Crippen LogP contribution in [-0.4, -0.2) is 15.1 Å². The number of aliphatic hydroxyl groups is 1. The van der Waals surface area contributed by atoms with Crippen molar-refractivity contribution in [3.8, 4) is 0 Å². The highest BCUT2D eigenvalue weighted by molar-refractivity contribution is 7.09. The third kappa shape index (κ3) is 3.05. The van der Waals surface area contributed by atoms with Gasteiger partial charge in [-0.05, 0) is 6.07 Å². The van der Waals surface area contributed by atoms with Crippen molar-refractivity contribution in [3.05, 3.63) is 38.9 Å². The molecule has 0 saturated heterocycles. The van der Waals surface area contributed by atoms with Gasteiger partial charge in [-0.1, -0.05) is 32.4 Å². The number of hydrogen-bond donors (Lipinski definition) is 2. The quantitative estimate of drug-likeness (QED) is 0.893. The Balaban J connectivity index is 2.36. The van der Waals surface area contributed by atoms with Crippen molar-refractivity contribution in [2.45, 2.75) is 32.3 Å². The van der Waals surface area contributed by atoms with Crippen molar-refractivity contribution in [2.24, 2.45) is 0 Å². The Kier molecular flexibility index (Phi) is 3.80. The molecule has 3 N–H and O–H groups in total. The first-order chi connectivity index (χ1) is 8.79. The minimum Gasteiger partial charge on any atom is -0.383 e. The van der Waals surface area contributed by atoms with E-state index in [1.807, 2.05) is 5.38 Å². The number of anilines is 1. The number of halogens is 1. The zero-order valence-electron chi connectivity index (χ0n) is 11.0. The molecular formula is C13H16ClN3OS. The lowest BCUT2D eigenvalue weighted by Crippen LogP contribution is -2.11. The molecule has 2 aromatic rings. The third-order valence-corrected chi connectivity index (χ3v) is 4.15. The molecule has 102 valence electrons. The molecule has 2 rings (SSSR count). The van der Waals surface area contributed by atoms with E-state index in [1.54, 1.807) is 6.07 Å². The number of thiazole rings is 1. The maximum atomic E-state index is 10.3. The molecule has 4 nitrogen and oxygen atoms in total. The van der Waals surface area contributed by atoms with Crippen LogP contribution in [-0.2, 0) is 5.41 Å². The molecule has 2 heterocycles. The van der Waals surface area contributed by atoms with E-state index in [1.165, 1.54) is 17.5 Å². The molecule has 0 aliphatic carbocycles. The van der Waals surface area contributed by atoms with Crippen LogP contribution in [0, 0.1) is 0 Å². The number of pyridine rings is 1. The first-order valence-electron chi connectivity index (χ1n) is 5.84. The summed E-state index contributed by atoms with van der Waals surface area (Å²) in [6, 6.07) is 1.62. The Bertz CT molecular complexity index is 592. The Morgan fingerprint density at radius 3 is 2.68 bits per heavy atom. The zero-order valence-corrected chi connectivity index (χ0v) is 12.6. The molecule has 6 heteroatoms. The van der Waals surface area contributed by atoms with Gasteiger partial charge in [-0.2, -0.15) is 0 Å². The molecule has 19 heavy (non-hydrogen) atoms. The van der Waals surface area contributed by atoms with Gasteiger partial charge in [0.25, 0.3) is 0 Å². The summed E-state index contributed by atoms with van der Waals surface area (Å²) in [6.07, 6.45) is 0.549. The van der Waals surface area contributed by atoms with E-state index in [0.29, 0.717) is 16.3 Å². The number of nitrogen functional groups attached to an aromatic ring is 1. The number of hydrogen-bond acceptors (Lipinski definition) is 5. The Labute approximate surface area is 121 Å². The van der Waals surface area contributed by atoms with Crippen LogP contribution in [0.15, 0.2) is 17.6 Å². The van der Waals surface area contributed by atoms with E-state index in [0.717, 1.165) is 5.01 Å². The number of rotatable bonds is 2. The normalized spacial score (nSPS) is 13.5. The summed E-state index contributed by atoms with van der Waals surface area (Å²) >= 11 is 7.40. The second-order valence-electron chi connectivity index (χ2n) is 5.36. The molecule has 0 aliphatic heterocycles. The average molecular weight is 298 g/mol. The number of aliphatic hydroxyl groups excluding tert-OH is 1. The lowest BCUT2D eigenvalue weighted by Gasteiger charge is -2.14. The molecule has 0 aliphatic rings. The van der Waals surface area contributed by atoms with E-state index in [2.05, 4.69) is 30.7 Å². The minimum atomic E-state index is -0.904. The lowest BCUT2D eigenvalue weighted by molar-refractivity contribution is 0.216. The fraction of sp³-hybridized carbons (Fsp3) is 0.385. The fourth-order valence-corrected chi connectivity index (χ4v) is 2.69. The number of nitrogens with two attached hydrogens (primary N) is 1. The summed E-state index contributed by atoms with van der Waals surface area (Å²) in [6.45, 7) is 6.24. The van der Waals surface area contributed by atoms with Crippen molar-refractivity contribution < 1.29 is 5.11 Å². The monoisotopic (exact) mass is 297 g/mol.